The number of rotatable bonds is 12. The monoisotopic (exact) mass is 788 g/mol. The summed E-state index contributed by atoms with van der Waals surface area (Å²) in [4.78, 5) is 44.0. The number of aromatic nitrogens is 6. The predicted octanol–water partition coefficient (Wildman–Crippen LogP) is 4.19. The van der Waals surface area contributed by atoms with Crippen molar-refractivity contribution in [2.45, 2.75) is 38.8 Å². The van der Waals surface area contributed by atoms with Gasteiger partial charge in [-0.3, -0.25) is 20.0 Å². The van der Waals surface area contributed by atoms with E-state index in [2.05, 4.69) is 125 Å². The number of nitrogens with zero attached hydrogens (tertiary/aromatic N) is 8. The minimum Gasteiger partial charge on any atom is -0.350 e. The van der Waals surface area contributed by atoms with Gasteiger partial charge in [-0.05, 0) is 73.9 Å². The Kier molecular flexibility index (Phi) is 13.2. The standard InChI is InChI=1S/2C21H26N6O2/c2*1-26-14-17(18-4-2-3-5-19(18)26)11-22-10-15-6-8-27(9-7-15)21-23-12-16(13-24-21)20(28)25-29/h2*2-5,12-15,22,29H,6-11H2,1H3,(H,25,28). The molecule has 2 fully saturated rings. The number of aryl methyl sites for hydroxylation is 2. The van der Waals surface area contributed by atoms with Gasteiger partial charge in [0.05, 0.1) is 11.1 Å². The number of fused-ring (bicyclic) bond motifs is 2. The fraction of sp³-hybridized carbons (Fsp3) is 0.381. The lowest BCUT2D eigenvalue weighted by molar-refractivity contribution is 0.0701. The fourth-order valence-electron chi connectivity index (χ4n) is 7.96. The number of para-hydroxylation sites is 2. The molecule has 304 valence electrons. The van der Waals surface area contributed by atoms with Crippen molar-refractivity contribution in [2.24, 2.45) is 25.9 Å². The minimum absolute atomic E-state index is 0.240. The summed E-state index contributed by atoms with van der Waals surface area (Å²) in [6, 6.07) is 17.0. The second-order valence-electron chi connectivity index (χ2n) is 15.1. The minimum atomic E-state index is -0.604. The van der Waals surface area contributed by atoms with Crippen LogP contribution in [0.1, 0.15) is 57.5 Å². The van der Waals surface area contributed by atoms with Gasteiger partial charge in [0.15, 0.2) is 0 Å². The van der Waals surface area contributed by atoms with Crippen molar-refractivity contribution in [3.05, 3.63) is 108 Å². The Hall–Kier alpha value is -5.94. The maximum atomic E-state index is 11.4. The van der Waals surface area contributed by atoms with Crippen molar-refractivity contribution >= 4 is 45.5 Å². The molecule has 0 unspecified atom stereocenters. The summed E-state index contributed by atoms with van der Waals surface area (Å²) >= 11 is 0. The van der Waals surface area contributed by atoms with E-state index < -0.39 is 11.8 Å². The van der Waals surface area contributed by atoms with E-state index in [0.29, 0.717) is 23.7 Å². The molecule has 0 aliphatic carbocycles. The SMILES string of the molecule is Cn1cc(CNCC2CCN(c3ncc(C(=O)NO)cn3)CC2)c2ccccc21.Cn1cc(CNCC2CCN(c3ncc(C(=O)NO)cn3)CC2)c2ccccc21. The van der Waals surface area contributed by atoms with E-state index in [1.165, 1.54) is 57.7 Å². The summed E-state index contributed by atoms with van der Waals surface area (Å²) in [6.07, 6.45) is 14.5. The topological polar surface area (TPSA) is 191 Å². The van der Waals surface area contributed by atoms with E-state index in [4.69, 9.17) is 10.4 Å². The van der Waals surface area contributed by atoms with Crippen molar-refractivity contribution in [1.29, 1.82) is 0 Å². The maximum absolute atomic E-state index is 11.4. The van der Waals surface area contributed by atoms with Crippen LogP contribution in [-0.2, 0) is 27.2 Å². The smallest absolute Gasteiger partial charge is 0.277 e. The van der Waals surface area contributed by atoms with Crippen LogP contribution in [0.2, 0.25) is 0 Å². The Bertz CT molecular complexity index is 2110. The van der Waals surface area contributed by atoms with Crippen LogP contribution in [0, 0.1) is 11.8 Å². The normalized spacial score (nSPS) is 15.0. The number of hydrogen-bond acceptors (Lipinski definition) is 12. The lowest BCUT2D eigenvalue weighted by Crippen LogP contribution is -2.38. The Labute approximate surface area is 337 Å². The fourth-order valence-corrected chi connectivity index (χ4v) is 7.96. The molecular weight excluding hydrogens is 737 g/mol. The molecule has 0 radical (unpaired) electrons. The van der Waals surface area contributed by atoms with Gasteiger partial charge in [0, 0.05) is 112 Å². The summed E-state index contributed by atoms with van der Waals surface area (Å²) in [6.45, 7) is 7.32. The number of hydroxylamine groups is 2. The molecule has 2 aliphatic heterocycles. The molecule has 2 aromatic carbocycles. The first-order chi connectivity index (χ1) is 28.3. The lowest BCUT2D eigenvalue weighted by atomic mass is 9.97. The van der Waals surface area contributed by atoms with E-state index in [-0.39, 0.29) is 11.1 Å². The van der Waals surface area contributed by atoms with Gasteiger partial charge in [0.1, 0.15) is 0 Å². The number of nitrogens with one attached hydrogen (secondary N) is 4. The molecule has 6 heterocycles. The lowest BCUT2D eigenvalue weighted by Gasteiger charge is -2.32. The third kappa shape index (κ3) is 9.59. The van der Waals surface area contributed by atoms with Crippen molar-refractivity contribution in [1.82, 2.24) is 50.7 Å². The first-order valence-electron chi connectivity index (χ1n) is 19.8. The van der Waals surface area contributed by atoms with Crippen LogP contribution in [0.15, 0.2) is 85.7 Å². The Morgan fingerprint density at radius 2 is 0.966 bits per heavy atom. The van der Waals surface area contributed by atoms with Crippen LogP contribution in [0.5, 0.6) is 0 Å². The number of anilines is 2. The number of piperidine rings is 2. The Morgan fingerprint density at radius 3 is 1.33 bits per heavy atom. The molecule has 0 spiro atoms. The largest absolute Gasteiger partial charge is 0.350 e. The van der Waals surface area contributed by atoms with Gasteiger partial charge in [-0.15, -0.1) is 0 Å². The van der Waals surface area contributed by atoms with Crippen LogP contribution in [0.25, 0.3) is 21.8 Å². The van der Waals surface area contributed by atoms with E-state index >= 15 is 0 Å². The molecule has 16 heteroatoms. The Morgan fingerprint density at radius 1 is 0.603 bits per heavy atom. The number of benzene rings is 2. The van der Waals surface area contributed by atoms with Gasteiger partial charge in [-0.25, -0.2) is 30.9 Å². The molecule has 0 saturated carbocycles. The van der Waals surface area contributed by atoms with Gasteiger partial charge < -0.3 is 29.6 Å². The number of carbonyl (C=O) groups is 2. The summed E-state index contributed by atoms with van der Waals surface area (Å²) in [5, 5.41) is 27.2. The molecule has 6 aromatic rings. The average Bonchev–Trinajstić information content (AvgIpc) is 3.78. The second kappa shape index (κ2) is 19.0. The van der Waals surface area contributed by atoms with Crippen molar-refractivity contribution in [3.63, 3.8) is 0 Å². The van der Waals surface area contributed by atoms with E-state index in [9.17, 15) is 9.59 Å². The summed E-state index contributed by atoms with van der Waals surface area (Å²) in [5.74, 6) is 1.30. The zero-order chi connectivity index (χ0) is 40.4. The highest BCUT2D eigenvalue weighted by atomic mass is 16.5. The highest BCUT2D eigenvalue weighted by Gasteiger charge is 2.23. The molecule has 0 atom stereocenters. The Balaban J connectivity index is 0.000000177. The van der Waals surface area contributed by atoms with Crippen LogP contribution < -0.4 is 31.4 Å². The number of carbonyl (C=O) groups excluding carboxylic acids is 2. The zero-order valence-electron chi connectivity index (χ0n) is 33.0. The quantitative estimate of drug-likeness (QED) is 0.0768. The van der Waals surface area contributed by atoms with E-state index in [0.717, 1.165) is 78.0 Å². The molecule has 2 saturated heterocycles. The zero-order valence-corrected chi connectivity index (χ0v) is 33.0. The molecule has 2 aliphatic rings. The van der Waals surface area contributed by atoms with Crippen molar-refractivity contribution < 1.29 is 20.0 Å². The summed E-state index contributed by atoms with van der Waals surface area (Å²) in [7, 11) is 4.18. The maximum Gasteiger partial charge on any atom is 0.277 e. The van der Waals surface area contributed by atoms with Gasteiger partial charge in [-0.2, -0.15) is 0 Å². The summed E-state index contributed by atoms with van der Waals surface area (Å²) in [5.41, 5.74) is 8.85. The molecule has 16 nitrogen and oxygen atoms in total. The molecule has 0 bridgehead atoms. The molecule has 4 aromatic heterocycles. The van der Waals surface area contributed by atoms with Crippen molar-refractivity contribution in [2.75, 3.05) is 49.1 Å². The van der Waals surface area contributed by atoms with Crippen LogP contribution >= 0.6 is 0 Å². The molecule has 6 N–H and O–H groups in total. The highest BCUT2D eigenvalue weighted by molar-refractivity contribution is 5.93. The molecule has 58 heavy (non-hydrogen) atoms. The molecule has 2 amide bonds. The van der Waals surface area contributed by atoms with Gasteiger partial charge in [0.2, 0.25) is 11.9 Å². The first-order valence-corrected chi connectivity index (χ1v) is 19.8. The molecule has 8 rings (SSSR count). The van der Waals surface area contributed by atoms with Crippen LogP contribution in [0.3, 0.4) is 0 Å². The van der Waals surface area contributed by atoms with Gasteiger partial charge >= 0.3 is 0 Å². The van der Waals surface area contributed by atoms with Gasteiger partial charge in [0.25, 0.3) is 11.8 Å². The average molecular weight is 789 g/mol. The van der Waals surface area contributed by atoms with E-state index in [1.54, 1.807) is 11.0 Å². The predicted molar refractivity (Wildman–Crippen MR) is 222 cm³/mol. The van der Waals surface area contributed by atoms with E-state index in [1.807, 2.05) is 0 Å². The summed E-state index contributed by atoms with van der Waals surface area (Å²) < 4.78 is 4.36. The van der Waals surface area contributed by atoms with Crippen LogP contribution in [-0.4, -0.2) is 90.6 Å². The van der Waals surface area contributed by atoms with Crippen LogP contribution in [0.4, 0.5) is 11.9 Å². The molecular formula is C42H52N12O4. The number of amides is 2. The number of hydrogen-bond donors (Lipinski definition) is 6. The first kappa shape index (κ1) is 40.3. The third-order valence-electron chi connectivity index (χ3n) is 11.3. The van der Waals surface area contributed by atoms with Crippen molar-refractivity contribution in [3.8, 4) is 0 Å². The second-order valence-corrected chi connectivity index (χ2v) is 15.1. The van der Waals surface area contributed by atoms with Gasteiger partial charge in [-0.1, -0.05) is 36.4 Å². The highest BCUT2D eigenvalue weighted by Crippen LogP contribution is 2.24. The third-order valence-corrected chi connectivity index (χ3v) is 11.3.